The van der Waals surface area contributed by atoms with Gasteiger partial charge in [0.15, 0.2) is 0 Å². The SMILES string of the molecule is CN(C)C(=O)CN1C(=O)[C@@H]2CC[C@H]1CN(C(=O)c1ccc3cc[nH]c3c1)C2. The summed E-state index contributed by atoms with van der Waals surface area (Å²) in [4.78, 5) is 46.1. The number of hydrogen-bond acceptors (Lipinski definition) is 3. The zero-order valence-electron chi connectivity index (χ0n) is 15.6. The smallest absolute Gasteiger partial charge is 0.254 e. The maximum atomic E-state index is 13.1. The molecule has 3 aliphatic heterocycles. The molecule has 3 saturated heterocycles. The van der Waals surface area contributed by atoms with Gasteiger partial charge in [0.2, 0.25) is 11.8 Å². The van der Waals surface area contributed by atoms with Gasteiger partial charge in [0.25, 0.3) is 5.91 Å². The van der Waals surface area contributed by atoms with Crippen LogP contribution in [0.15, 0.2) is 30.5 Å². The van der Waals surface area contributed by atoms with E-state index in [4.69, 9.17) is 0 Å². The number of carbonyl (C=O) groups is 3. The van der Waals surface area contributed by atoms with Gasteiger partial charge in [-0.1, -0.05) is 6.07 Å². The Hall–Kier alpha value is -2.83. The summed E-state index contributed by atoms with van der Waals surface area (Å²) < 4.78 is 0. The molecule has 0 spiro atoms. The summed E-state index contributed by atoms with van der Waals surface area (Å²) >= 11 is 0. The molecule has 2 bridgehead atoms. The van der Waals surface area contributed by atoms with Crippen LogP contribution in [0.5, 0.6) is 0 Å². The molecule has 7 nitrogen and oxygen atoms in total. The molecular weight excluding hydrogens is 344 g/mol. The Labute approximate surface area is 157 Å². The second-order valence-electron chi connectivity index (χ2n) is 7.67. The first kappa shape index (κ1) is 17.6. The number of likely N-dealkylation sites (N-methyl/N-ethyl adjacent to an activating group) is 1. The standard InChI is InChI=1S/C20H24N4O3/c1-22(2)18(25)12-24-16-6-5-15(20(24)27)10-23(11-16)19(26)14-4-3-13-7-8-21-17(13)9-14/h3-4,7-9,15-16,21H,5-6,10-12H2,1-2H3/t15-,16+/m1/s1. The van der Waals surface area contributed by atoms with Crippen molar-refractivity contribution in [1.82, 2.24) is 19.7 Å². The minimum absolute atomic E-state index is 0.00318. The monoisotopic (exact) mass is 368 g/mol. The number of hydrogen-bond donors (Lipinski definition) is 1. The fourth-order valence-electron chi connectivity index (χ4n) is 4.06. The average molecular weight is 368 g/mol. The van der Waals surface area contributed by atoms with Crippen molar-refractivity contribution in [3.05, 3.63) is 36.0 Å². The number of H-pyrrole nitrogens is 1. The van der Waals surface area contributed by atoms with Crippen molar-refractivity contribution < 1.29 is 14.4 Å². The van der Waals surface area contributed by atoms with E-state index in [0.717, 1.165) is 23.7 Å². The van der Waals surface area contributed by atoms with Gasteiger partial charge >= 0.3 is 0 Å². The highest BCUT2D eigenvalue weighted by atomic mass is 16.2. The van der Waals surface area contributed by atoms with E-state index >= 15 is 0 Å². The van der Waals surface area contributed by atoms with Gasteiger partial charge in [0, 0.05) is 50.5 Å². The van der Waals surface area contributed by atoms with Gasteiger partial charge in [-0.05, 0) is 36.4 Å². The first-order valence-corrected chi connectivity index (χ1v) is 9.31. The zero-order valence-corrected chi connectivity index (χ0v) is 15.6. The molecule has 3 aliphatic rings. The van der Waals surface area contributed by atoms with E-state index in [9.17, 15) is 14.4 Å². The molecule has 27 heavy (non-hydrogen) atoms. The van der Waals surface area contributed by atoms with Crippen LogP contribution in [0, 0.1) is 5.92 Å². The Bertz CT molecular complexity index is 904. The number of piperidine rings is 1. The first-order chi connectivity index (χ1) is 12.9. The van der Waals surface area contributed by atoms with Crippen molar-refractivity contribution in [1.29, 1.82) is 0 Å². The van der Waals surface area contributed by atoms with E-state index in [0.29, 0.717) is 18.7 Å². The van der Waals surface area contributed by atoms with Gasteiger partial charge in [0.1, 0.15) is 6.54 Å². The van der Waals surface area contributed by atoms with Gasteiger partial charge in [-0.3, -0.25) is 14.4 Å². The van der Waals surface area contributed by atoms with Crippen LogP contribution < -0.4 is 0 Å². The highest BCUT2D eigenvalue weighted by Gasteiger charge is 2.42. The number of carbonyl (C=O) groups excluding carboxylic acids is 3. The molecule has 1 N–H and O–H groups in total. The largest absolute Gasteiger partial charge is 0.361 e. The predicted molar refractivity (Wildman–Crippen MR) is 101 cm³/mol. The fourth-order valence-corrected chi connectivity index (χ4v) is 4.06. The van der Waals surface area contributed by atoms with Crippen LogP contribution in [-0.2, 0) is 9.59 Å². The van der Waals surface area contributed by atoms with Crippen LogP contribution in [0.25, 0.3) is 10.9 Å². The molecule has 0 saturated carbocycles. The molecule has 7 heteroatoms. The number of aromatic amines is 1. The second kappa shape index (κ2) is 6.72. The third-order valence-corrected chi connectivity index (χ3v) is 5.69. The van der Waals surface area contributed by atoms with Crippen molar-refractivity contribution in [3.63, 3.8) is 0 Å². The number of amides is 3. The molecule has 1 aromatic carbocycles. The number of aromatic nitrogens is 1. The lowest BCUT2D eigenvalue weighted by Crippen LogP contribution is -2.51. The average Bonchev–Trinajstić information content (AvgIpc) is 2.96. The van der Waals surface area contributed by atoms with E-state index in [1.807, 2.05) is 30.5 Å². The van der Waals surface area contributed by atoms with Crippen LogP contribution in [0.2, 0.25) is 0 Å². The zero-order chi connectivity index (χ0) is 19.1. The summed E-state index contributed by atoms with van der Waals surface area (Å²) in [5, 5.41) is 1.06. The maximum Gasteiger partial charge on any atom is 0.254 e. The summed E-state index contributed by atoms with van der Waals surface area (Å²) in [5.41, 5.74) is 1.54. The van der Waals surface area contributed by atoms with Crippen LogP contribution in [0.4, 0.5) is 0 Å². The predicted octanol–water partition coefficient (Wildman–Crippen LogP) is 1.32. The lowest BCUT2D eigenvalue weighted by molar-refractivity contribution is -0.145. The van der Waals surface area contributed by atoms with E-state index in [2.05, 4.69) is 4.98 Å². The molecular formula is C20H24N4O3. The van der Waals surface area contributed by atoms with Crippen molar-refractivity contribution in [2.24, 2.45) is 5.92 Å². The number of benzene rings is 1. The van der Waals surface area contributed by atoms with Gasteiger partial charge in [-0.15, -0.1) is 0 Å². The molecule has 142 valence electrons. The maximum absolute atomic E-state index is 13.1. The van der Waals surface area contributed by atoms with Gasteiger partial charge in [-0.2, -0.15) is 0 Å². The third-order valence-electron chi connectivity index (χ3n) is 5.69. The van der Waals surface area contributed by atoms with Crippen molar-refractivity contribution in [3.8, 4) is 0 Å². The molecule has 0 unspecified atom stereocenters. The fraction of sp³-hybridized carbons (Fsp3) is 0.450. The molecule has 3 fully saturated rings. The van der Waals surface area contributed by atoms with E-state index in [1.54, 1.807) is 23.9 Å². The van der Waals surface area contributed by atoms with Crippen LogP contribution in [-0.4, -0.2) is 77.2 Å². The Morgan fingerprint density at radius 3 is 2.78 bits per heavy atom. The summed E-state index contributed by atoms with van der Waals surface area (Å²) in [7, 11) is 3.38. The van der Waals surface area contributed by atoms with E-state index in [1.165, 1.54) is 4.90 Å². The Kier molecular flexibility index (Phi) is 4.37. The third kappa shape index (κ3) is 3.18. The molecule has 0 aliphatic carbocycles. The highest BCUT2D eigenvalue weighted by molar-refractivity contribution is 5.98. The minimum atomic E-state index is -0.225. The molecule has 5 rings (SSSR count). The number of nitrogens with zero attached hydrogens (tertiary/aromatic N) is 3. The topological polar surface area (TPSA) is 76.7 Å². The quantitative estimate of drug-likeness (QED) is 0.888. The molecule has 3 amide bonds. The normalized spacial score (nSPS) is 22.2. The van der Waals surface area contributed by atoms with Crippen molar-refractivity contribution in [2.75, 3.05) is 33.7 Å². The van der Waals surface area contributed by atoms with E-state index < -0.39 is 0 Å². The Morgan fingerprint density at radius 1 is 1.19 bits per heavy atom. The summed E-state index contributed by atoms with van der Waals surface area (Å²) in [5.74, 6) is -0.378. The Balaban J connectivity index is 1.56. The molecule has 0 radical (unpaired) electrons. The van der Waals surface area contributed by atoms with Crippen molar-refractivity contribution >= 4 is 28.6 Å². The van der Waals surface area contributed by atoms with Crippen LogP contribution >= 0.6 is 0 Å². The van der Waals surface area contributed by atoms with Crippen molar-refractivity contribution in [2.45, 2.75) is 18.9 Å². The number of fused-ring (bicyclic) bond motifs is 5. The summed E-state index contributed by atoms with van der Waals surface area (Å²) in [6, 6.07) is 7.49. The second-order valence-corrected chi connectivity index (χ2v) is 7.67. The van der Waals surface area contributed by atoms with Gasteiger partial charge in [0.05, 0.1) is 5.92 Å². The first-order valence-electron chi connectivity index (χ1n) is 9.31. The highest BCUT2D eigenvalue weighted by Crippen LogP contribution is 2.30. The van der Waals surface area contributed by atoms with Gasteiger partial charge < -0.3 is 19.7 Å². The van der Waals surface area contributed by atoms with Crippen LogP contribution in [0.1, 0.15) is 23.2 Å². The van der Waals surface area contributed by atoms with Crippen LogP contribution in [0.3, 0.4) is 0 Å². The molecule has 1 aromatic heterocycles. The van der Waals surface area contributed by atoms with E-state index in [-0.39, 0.29) is 36.2 Å². The summed E-state index contributed by atoms with van der Waals surface area (Å²) in [6.07, 6.45) is 3.45. The lowest BCUT2D eigenvalue weighted by atomic mass is 9.94. The molecule has 2 atom stereocenters. The van der Waals surface area contributed by atoms with Gasteiger partial charge in [-0.25, -0.2) is 0 Å². The Morgan fingerprint density at radius 2 is 2.00 bits per heavy atom. The molecule has 4 heterocycles. The summed E-state index contributed by atoms with van der Waals surface area (Å²) in [6.45, 7) is 0.984. The minimum Gasteiger partial charge on any atom is -0.361 e. The number of rotatable bonds is 3. The number of nitrogens with one attached hydrogen (secondary N) is 1. The molecule has 2 aromatic rings. The lowest BCUT2D eigenvalue weighted by Gasteiger charge is -2.35.